The van der Waals surface area contributed by atoms with Gasteiger partial charge in [-0.05, 0) is 11.5 Å². The average molecular weight is 474 g/mol. The molecule has 2 atom stereocenters. The molecule has 0 fully saturated rings. The van der Waals surface area contributed by atoms with E-state index in [1.165, 1.54) is 0 Å². The minimum Gasteiger partial charge on any atom is -0.756 e. The number of phosphoric ester groups is 1. The highest BCUT2D eigenvalue weighted by atomic mass is 31.2. The summed E-state index contributed by atoms with van der Waals surface area (Å²) in [6.45, 7) is 0.242. The second kappa shape index (κ2) is 11.7. The van der Waals surface area contributed by atoms with Crippen molar-refractivity contribution in [3.63, 3.8) is 0 Å². The van der Waals surface area contributed by atoms with E-state index in [0.717, 1.165) is 28.5 Å². The predicted octanol–water partition coefficient (Wildman–Crippen LogP) is 3.92. The van der Waals surface area contributed by atoms with Crippen molar-refractivity contribution in [3.8, 4) is 5.75 Å². The first-order valence-corrected chi connectivity index (χ1v) is 12.5. The largest absolute Gasteiger partial charge is 0.756 e. The van der Waals surface area contributed by atoms with Crippen molar-refractivity contribution in [1.29, 1.82) is 0 Å². The highest BCUT2D eigenvalue weighted by molar-refractivity contribution is 7.45. The summed E-state index contributed by atoms with van der Waals surface area (Å²) in [7, 11) is -0.337. The van der Waals surface area contributed by atoms with Gasteiger partial charge in [0.05, 0.1) is 33.9 Å². The second-order valence-corrected chi connectivity index (χ2v) is 9.79. The fraction of sp³-hybridized carbons (Fsp3) is 0.360. The standard InChI is InChI=1S/C25H32NO6P/c1-26(2,16-19-31-33(28,29)32-20-17-27)24(22-10-4-3-5-11-22)15-18-30-25-14-8-12-21-9-6-7-13-23(21)25/h3-14,24,27H,15-20H2,1-2H3. The van der Waals surface area contributed by atoms with Crippen LogP contribution in [-0.2, 0) is 13.6 Å². The van der Waals surface area contributed by atoms with E-state index < -0.39 is 7.82 Å². The van der Waals surface area contributed by atoms with Gasteiger partial charge in [-0.2, -0.15) is 0 Å². The molecule has 0 aliphatic rings. The molecule has 3 aromatic rings. The first kappa shape index (κ1) is 25.4. The number of phosphoric acid groups is 1. The van der Waals surface area contributed by atoms with E-state index >= 15 is 0 Å². The number of aliphatic hydroxyl groups excluding tert-OH is 1. The van der Waals surface area contributed by atoms with Gasteiger partial charge in [-0.1, -0.05) is 66.7 Å². The van der Waals surface area contributed by atoms with E-state index in [1.54, 1.807) is 0 Å². The van der Waals surface area contributed by atoms with Crippen LogP contribution in [0.4, 0.5) is 0 Å². The minimum absolute atomic E-state index is 0.0211. The molecule has 2 unspecified atom stereocenters. The van der Waals surface area contributed by atoms with Crippen LogP contribution in [-0.4, -0.2) is 56.7 Å². The zero-order chi connectivity index (χ0) is 23.7. The summed E-state index contributed by atoms with van der Waals surface area (Å²) in [5, 5.41) is 11.0. The fourth-order valence-electron chi connectivity index (χ4n) is 3.93. The van der Waals surface area contributed by atoms with Crippen molar-refractivity contribution < 1.29 is 32.8 Å². The summed E-state index contributed by atoms with van der Waals surface area (Å²) in [5.41, 5.74) is 1.14. The molecule has 0 spiro atoms. The van der Waals surface area contributed by atoms with Crippen molar-refractivity contribution in [2.45, 2.75) is 12.5 Å². The molecule has 7 nitrogen and oxygen atoms in total. The number of fused-ring (bicyclic) bond motifs is 1. The molecular formula is C25H32NO6P. The van der Waals surface area contributed by atoms with Gasteiger partial charge < -0.3 is 28.3 Å². The zero-order valence-corrected chi connectivity index (χ0v) is 20.0. The molecule has 33 heavy (non-hydrogen) atoms. The highest BCUT2D eigenvalue weighted by Crippen LogP contribution is 2.38. The SMILES string of the molecule is C[N+](C)(CCOP(=O)([O-])OCCO)C(CCOc1cccc2ccccc12)c1ccccc1. The molecule has 0 radical (unpaired) electrons. The number of nitrogens with zero attached hydrogens (tertiary/aromatic N) is 1. The molecule has 0 saturated heterocycles. The summed E-state index contributed by atoms with van der Waals surface area (Å²) in [6, 6.07) is 24.3. The maximum atomic E-state index is 11.8. The number of hydrogen-bond donors (Lipinski definition) is 1. The molecule has 0 bridgehead atoms. The lowest BCUT2D eigenvalue weighted by atomic mass is 10.0. The van der Waals surface area contributed by atoms with Crippen LogP contribution in [0.25, 0.3) is 10.8 Å². The fourth-order valence-corrected chi connectivity index (χ4v) is 4.62. The lowest BCUT2D eigenvalue weighted by Gasteiger charge is -2.39. The first-order chi connectivity index (χ1) is 15.8. The number of quaternary nitrogens is 1. The molecule has 3 aromatic carbocycles. The van der Waals surface area contributed by atoms with Gasteiger partial charge in [0.2, 0.25) is 0 Å². The first-order valence-electron chi connectivity index (χ1n) is 11.0. The van der Waals surface area contributed by atoms with E-state index in [1.807, 2.05) is 56.6 Å². The molecule has 0 aliphatic heterocycles. The zero-order valence-electron chi connectivity index (χ0n) is 19.1. The predicted molar refractivity (Wildman–Crippen MR) is 127 cm³/mol. The van der Waals surface area contributed by atoms with Crippen molar-refractivity contribution in [2.75, 3.05) is 47.1 Å². The van der Waals surface area contributed by atoms with Gasteiger partial charge in [0.1, 0.15) is 24.9 Å². The van der Waals surface area contributed by atoms with Crippen LogP contribution in [0.1, 0.15) is 18.0 Å². The molecule has 3 rings (SSSR count). The number of hydrogen-bond acceptors (Lipinski definition) is 6. The Balaban J connectivity index is 1.67. The third-order valence-electron chi connectivity index (χ3n) is 5.68. The summed E-state index contributed by atoms with van der Waals surface area (Å²) in [4.78, 5) is 11.8. The van der Waals surface area contributed by atoms with Gasteiger partial charge in [0.15, 0.2) is 0 Å². The van der Waals surface area contributed by atoms with Gasteiger partial charge in [-0.3, -0.25) is 4.57 Å². The Hall–Kier alpha value is -2.25. The van der Waals surface area contributed by atoms with Crippen LogP contribution in [0.15, 0.2) is 72.8 Å². The molecule has 8 heteroatoms. The number of ether oxygens (including phenoxy) is 1. The van der Waals surface area contributed by atoms with E-state index in [-0.39, 0.29) is 25.9 Å². The van der Waals surface area contributed by atoms with Crippen LogP contribution >= 0.6 is 7.82 Å². The van der Waals surface area contributed by atoms with E-state index in [9.17, 15) is 9.46 Å². The lowest BCUT2D eigenvalue weighted by Crippen LogP contribution is -2.46. The number of rotatable bonds is 13. The monoisotopic (exact) mass is 473 g/mol. The van der Waals surface area contributed by atoms with E-state index in [0.29, 0.717) is 17.6 Å². The van der Waals surface area contributed by atoms with E-state index in [2.05, 4.69) is 34.9 Å². The molecule has 1 N–H and O–H groups in total. The summed E-state index contributed by atoms with van der Waals surface area (Å²) < 4.78 is 28.1. The molecule has 178 valence electrons. The van der Waals surface area contributed by atoms with Crippen LogP contribution in [0.3, 0.4) is 0 Å². The van der Waals surface area contributed by atoms with Crippen LogP contribution in [0.5, 0.6) is 5.75 Å². The molecule has 0 amide bonds. The Labute approximate surface area is 195 Å². The molecular weight excluding hydrogens is 441 g/mol. The third kappa shape index (κ3) is 7.37. The van der Waals surface area contributed by atoms with Gasteiger partial charge in [-0.25, -0.2) is 0 Å². The third-order valence-corrected chi connectivity index (χ3v) is 6.68. The Morgan fingerprint density at radius 1 is 0.909 bits per heavy atom. The Morgan fingerprint density at radius 3 is 2.33 bits per heavy atom. The minimum atomic E-state index is -4.43. The summed E-state index contributed by atoms with van der Waals surface area (Å²) >= 11 is 0. The van der Waals surface area contributed by atoms with Gasteiger partial charge in [0, 0.05) is 17.4 Å². The quantitative estimate of drug-likeness (QED) is 0.299. The summed E-state index contributed by atoms with van der Waals surface area (Å²) in [5.74, 6) is 0.849. The maximum Gasteiger partial charge on any atom is 0.268 e. The molecule has 0 aliphatic carbocycles. The van der Waals surface area contributed by atoms with Gasteiger partial charge in [0.25, 0.3) is 7.82 Å². The Morgan fingerprint density at radius 2 is 1.58 bits per heavy atom. The Bertz CT molecular complexity index is 1050. The van der Waals surface area contributed by atoms with Crippen molar-refractivity contribution >= 4 is 18.6 Å². The van der Waals surface area contributed by atoms with Crippen LogP contribution < -0.4 is 9.63 Å². The van der Waals surface area contributed by atoms with Crippen molar-refractivity contribution in [3.05, 3.63) is 78.4 Å². The highest BCUT2D eigenvalue weighted by Gasteiger charge is 2.30. The summed E-state index contributed by atoms with van der Waals surface area (Å²) in [6.07, 6.45) is 0.732. The lowest BCUT2D eigenvalue weighted by molar-refractivity contribution is -0.921. The normalized spacial score (nSPS) is 14.7. The van der Waals surface area contributed by atoms with Gasteiger partial charge in [-0.15, -0.1) is 0 Å². The maximum absolute atomic E-state index is 11.8. The second-order valence-electron chi connectivity index (χ2n) is 8.38. The molecule has 0 saturated carbocycles. The van der Waals surface area contributed by atoms with Crippen LogP contribution in [0, 0.1) is 0 Å². The Kier molecular flexibility index (Phi) is 9.03. The van der Waals surface area contributed by atoms with Crippen molar-refractivity contribution in [1.82, 2.24) is 0 Å². The van der Waals surface area contributed by atoms with Crippen LogP contribution in [0.2, 0.25) is 0 Å². The number of aliphatic hydroxyl groups is 1. The average Bonchev–Trinajstić information content (AvgIpc) is 2.81. The number of benzene rings is 3. The van der Waals surface area contributed by atoms with E-state index in [4.69, 9.17) is 14.4 Å². The number of likely N-dealkylation sites (N-methyl/N-ethyl adjacent to an activating group) is 1. The smallest absolute Gasteiger partial charge is 0.268 e. The van der Waals surface area contributed by atoms with Gasteiger partial charge >= 0.3 is 0 Å². The van der Waals surface area contributed by atoms with Crippen molar-refractivity contribution in [2.24, 2.45) is 0 Å². The topological polar surface area (TPSA) is 88.1 Å². The molecule has 0 heterocycles. The molecule has 0 aromatic heterocycles.